The number of likely N-dealkylation sites (tertiary alicyclic amines) is 2. The number of ether oxygens (including phenoxy) is 1. The number of nitrogens with one attached hydrogen (secondary N) is 1. The smallest absolute Gasteiger partial charge is 0.240 e. The summed E-state index contributed by atoms with van der Waals surface area (Å²) in [4.78, 5) is 47.1. The van der Waals surface area contributed by atoms with Crippen molar-refractivity contribution in [1.82, 2.24) is 15.1 Å². The standard InChI is InChI=1S/C30H36N4O4/c35-26-20-34-25-12-4-3-11-24(25)30(29(34)37)13-17-33(27(36)21-32-15-5-1-2-6-16-32)28(30)22-9-7-10-23(19-22)38-18-8-14-31-26/h3-4,7,9-12,19,28H,1-2,5-6,8,13-18,20-21H2,(H,31,35)/t28-,30+/m0/s1. The molecule has 2 saturated heterocycles. The van der Waals surface area contributed by atoms with Crippen LogP contribution in [0.4, 0.5) is 5.69 Å². The van der Waals surface area contributed by atoms with Gasteiger partial charge in [0, 0.05) is 18.8 Å². The van der Waals surface area contributed by atoms with Crippen LogP contribution in [-0.2, 0) is 19.8 Å². The van der Waals surface area contributed by atoms with Gasteiger partial charge in [-0.15, -0.1) is 0 Å². The highest BCUT2D eigenvalue weighted by molar-refractivity contribution is 6.12. The van der Waals surface area contributed by atoms with Crippen LogP contribution in [0.5, 0.6) is 5.75 Å². The number of nitrogens with zero attached hydrogens (tertiary/aromatic N) is 3. The lowest BCUT2D eigenvalue weighted by Gasteiger charge is -2.36. The molecule has 4 aliphatic heterocycles. The summed E-state index contributed by atoms with van der Waals surface area (Å²) >= 11 is 0. The molecule has 4 bridgehead atoms. The summed E-state index contributed by atoms with van der Waals surface area (Å²) in [6.07, 6.45) is 5.83. The molecule has 0 unspecified atom stereocenters. The summed E-state index contributed by atoms with van der Waals surface area (Å²) in [6.45, 7) is 3.64. The van der Waals surface area contributed by atoms with Crippen LogP contribution in [0.25, 0.3) is 0 Å². The molecule has 3 amide bonds. The molecule has 200 valence electrons. The van der Waals surface area contributed by atoms with E-state index < -0.39 is 11.5 Å². The van der Waals surface area contributed by atoms with E-state index in [1.165, 1.54) is 12.8 Å². The van der Waals surface area contributed by atoms with Gasteiger partial charge in [0.1, 0.15) is 17.7 Å². The van der Waals surface area contributed by atoms with Crippen molar-refractivity contribution in [2.75, 3.05) is 50.8 Å². The third-order valence-corrected chi connectivity index (χ3v) is 8.59. The molecule has 8 nitrogen and oxygen atoms in total. The van der Waals surface area contributed by atoms with Gasteiger partial charge in [-0.3, -0.25) is 19.3 Å². The highest BCUT2D eigenvalue weighted by Gasteiger charge is 2.61. The van der Waals surface area contributed by atoms with Gasteiger partial charge in [0.15, 0.2) is 0 Å². The molecule has 2 aromatic rings. The van der Waals surface area contributed by atoms with E-state index >= 15 is 0 Å². The van der Waals surface area contributed by atoms with E-state index in [4.69, 9.17) is 4.74 Å². The highest BCUT2D eigenvalue weighted by atomic mass is 16.5. The number of para-hydroxylation sites is 1. The molecule has 1 spiro atoms. The van der Waals surface area contributed by atoms with E-state index in [2.05, 4.69) is 10.2 Å². The first-order valence-electron chi connectivity index (χ1n) is 14.0. The van der Waals surface area contributed by atoms with Gasteiger partial charge in [-0.2, -0.15) is 0 Å². The molecule has 4 heterocycles. The van der Waals surface area contributed by atoms with Crippen LogP contribution in [0.1, 0.15) is 55.7 Å². The van der Waals surface area contributed by atoms with Crippen LogP contribution >= 0.6 is 0 Å². The molecule has 0 aliphatic carbocycles. The Morgan fingerprint density at radius 3 is 2.63 bits per heavy atom. The highest BCUT2D eigenvalue weighted by Crippen LogP contribution is 2.56. The molecule has 0 radical (unpaired) electrons. The number of benzene rings is 2. The van der Waals surface area contributed by atoms with Crippen molar-refractivity contribution in [3.8, 4) is 5.75 Å². The van der Waals surface area contributed by atoms with Gasteiger partial charge >= 0.3 is 0 Å². The number of fused-ring (bicyclic) bond motifs is 6. The van der Waals surface area contributed by atoms with Crippen molar-refractivity contribution >= 4 is 23.4 Å². The van der Waals surface area contributed by atoms with E-state index in [0.29, 0.717) is 44.8 Å². The van der Waals surface area contributed by atoms with E-state index in [1.807, 2.05) is 53.4 Å². The molecular weight excluding hydrogens is 480 g/mol. The molecule has 6 rings (SSSR count). The van der Waals surface area contributed by atoms with Crippen molar-refractivity contribution in [2.45, 2.75) is 50.0 Å². The average Bonchev–Trinajstić information content (AvgIpc) is 3.29. The zero-order chi connectivity index (χ0) is 26.1. The maximum absolute atomic E-state index is 14.4. The summed E-state index contributed by atoms with van der Waals surface area (Å²) in [6, 6.07) is 15.2. The fraction of sp³-hybridized carbons (Fsp3) is 0.500. The van der Waals surface area contributed by atoms with Crippen LogP contribution in [0, 0.1) is 0 Å². The Morgan fingerprint density at radius 1 is 0.974 bits per heavy atom. The maximum atomic E-state index is 14.4. The first-order valence-corrected chi connectivity index (χ1v) is 14.0. The Morgan fingerprint density at radius 2 is 1.79 bits per heavy atom. The van der Waals surface area contributed by atoms with Crippen molar-refractivity contribution < 1.29 is 19.1 Å². The molecule has 8 heteroatoms. The molecular formula is C30H36N4O4. The second-order valence-electron chi connectivity index (χ2n) is 10.9. The van der Waals surface area contributed by atoms with Crippen molar-refractivity contribution in [3.63, 3.8) is 0 Å². The Balaban J connectivity index is 1.45. The summed E-state index contributed by atoms with van der Waals surface area (Å²) in [5.74, 6) is 0.475. The zero-order valence-corrected chi connectivity index (χ0v) is 21.9. The second-order valence-corrected chi connectivity index (χ2v) is 10.9. The normalized spacial score (nSPS) is 26.1. The Bertz CT molecular complexity index is 1220. The van der Waals surface area contributed by atoms with E-state index in [-0.39, 0.29) is 24.3 Å². The Kier molecular flexibility index (Phi) is 6.82. The molecule has 2 aromatic carbocycles. The maximum Gasteiger partial charge on any atom is 0.240 e. The van der Waals surface area contributed by atoms with E-state index in [9.17, 15) is 14.4 Å². The van der Waals surface area contributed by atoms with Gasteiger partial charge in [-0.1, -0.05) is 43.2 Å². The number of anilines is 1. The number of hydrogen-bond acceptors (Lipinski definition) is 5. The predicted octanol–water partition coefficient (Wildman–Crippen LogP) is 3.02. The lowest BCUT2D eigenvalue weighted by molar-refractivity contribution is -0.135. The summed E-state index contributed by atoms with van der Waals surface area (Å²) in [5, 5.41) is 2.93. The van der Waals surface area contributed by atoms with Gasteiger partial charge in [-0.25, -0.2) is 0 Å². The molecule has 0 aromatic heterocycles. The van der Waals surface area contributed by atoms with Crippen LogP contribution in [0.15, 0.2) is 48.5 Å². The molecule has 4 aliphatic rings. The van der Waals surface area contributed by atoms with Crippen LogP contribution < -0.4 is 15.0 Å². The minimum absolute atomic E-state index is 0.0348. The monoisotopic (exact) mass is 516 g/mol. The number of carbonyl (C=O) groups is 3. The SMILES string of the molecule is O=C1CN2C(=O)[C@]3(CCN(C(=O)CN4CCCCCC4)[C@H]3c3cccc(c3)OCCCN1)c1ccccc12. The molecule has 1 N–H and O–H groups in total. The lowest BCUT2D eigenvalue weighted by Crippen LogP contribution is -2.49. The summed E-state index contributed by atoms with van der Waals surface area (Å²) in [5.41, 5.74) is 1.61. The van der Waals surface area contributed by atoms with Crippen LogP contribution in [0.2, 0.25) is 0 Å². The first-order chi connectivity index (χ1) is 18.6. The third kappa shape index (κ3) is 4.34. The quantitative estimate of drug-likeness (QED) is 0.664. The number of hydrogen-bond donors (Lipinski definition) is 1. The Hall–Kier alpha value is -3.39. The third-order valence-electron chi connectivity index (χ3n) is 8.59. The number of rotatable bonds is 2. The fourth-order valence-corrected chi connectivity index (χ4v) is 6.82. The minimum Gasteiger partial charge on any atom is -0.494 e. The summed E-state index contributed by atoms with van der Waals surface area (Å²) < 4.78 is 6.02. The lowest BCUT2D eigenvalue weighted by atomic mass is 9.72. The van der Waals surface area contributed by atoms with Crippen molar-refractivity contribution in [2.24, 2.45) is 0 Å². The van der Waals surface area contributed by atoms with E-state index in [1.54, 1.807) is 4.90 Å². The average molecular weight is 517 g/mol. The van der Waals surface area contributed by atoms with Crippen molar-refractivity contribution in [1.29, 1.82) is 0 Å². The van der Waals surface area contributed by atoms with E-state index in [0.717, 1.165) is 42.7 Å². The fourth-order valence-electron chi connectivity index (χ4n) is 6.82. The van der Waals surface area contributed by atoms with Gasteiger partial charge in [0.2, 0.25) is 17.7 Å². The molecule has 38 heavy (non-hydrogen) atoms. The molecule has 0 saturated carbocycles. The number of carbonyl (C=O) groups excluding carboxylic acids is 3. The van der Waals surface area contributed by atoms with Crippen molar-refractivity contribution in [3.05, 3.63) is 59.7 Å². The van der Waals surface area contributed by atoms with Crippen LogP contribution in [0.3, 0.4) is 0 Å². The number of amides is 3. The largest absolute Gasteiger partial charge is 0.494 e. The molecule has 2 fully saturated rings. The predicted molar refractivity (Wildman–Crippen MR) is 144 cm³/mol. The second kappa shape index (κ2) is 10.4. The molecule has 2 atom stereocenters. The van der Waals surface area contributed by atoms with Gasteiger partial charge < -0.3 is 19.9 Å². The summed E-state index contributed by atoms with van der Waals surface area (Å²) in [7, 11) is 0. The van der Waals surface area contributed by atoms with Gasteiger partial charge in [0.05, 0.1) is 19.2 Å². The minimum atomic E-state index is -0.950. The van der Waals surface area contributed by atoms with Crippen LogP contribution in [-0.4, -0.2) is 73.4 Å². The van der Waals surface area contributed by atoms with Gasteiger partial charge in [-0.05, 0) is 68.1 Å². The first kappa shape index (κ1) is 24.9. The zero-order valence-electron chi connectivity index (χ0n) is 21.9. The van der Waals surface area contributed by atoms with Gasteiger partial charge in [0.25, 0.3) is 0 Å². The Labute approximate surface area is 223 Å². The topological polar surface area (TPSA) is 82.2 Å².